The Morgan fingerprint density at radius 2 is 2.04 bits per heavy atom. The van der Waals surface area contributed by atoms with E-state index in [0.717, 1.165) is 33.6 Å². The van der Waals surface area contributed by atoms with Gasteiger partial charge in [0.15, 0.2) is 11.7 Å². The van der Waals surface area contributed by atoms with Gasteiger partial charge in [0.25, 0.3) is 0 Å². The summed E-state index contributed by atoms with van der Waals surface area (Å²) in [7, 11) is 3.25. The van der Waals surface area contributed by atoms with E-state index in [1.54, 1.807) is 14.2 Å². The molecule has 2 aromatic rings. The molecule has 150 valence electrons. The maximum Gasteiger partial charge on any atom is 0.434 e. The Balaban J connectivity index is 0.00000364. The number of thiazole rings is 1. The second-order valence-corrected chi connectivity index (χ2v) is 6.48. The number of benzene rings is 1. The summed E-state index contributed by atoms with van der Waals surface area (Å²) >= 11 is 1.00. The number of guanidine groups is 1. The summed E-state index contributed by atoms with van der Waals surface area (Å²) in [5.41, 5.74) is 1.25. The van der Waals surface area contributed by atoms with Crippen LogP contribution < -0.4 is 15.4 Å². The molecule has 0 saturated heterocycles. The normalized spacial score (nSPS) is 11.7. The zero-order chi connectivity index (χ0) is 19.2. The highest BCUT2D eigenvalue weighted by Crippen LogP contribution is 2.30. The van der Waals surface area contributed by atoms with Gasteiger partial charge in [0, 0.05) is 37.5 Å². The zero-order valence-corrected chi connectivity index (χ0v) is 18.3. The van der Waals surface area contributed by atoms with Gasteiger partial charge < -0.3 is 15.4 Å². The average Bonchev–Trinajstić information content (AvgIpc) is 3.08. The SMILES string of the molecule is CN=C(NCCc1nc(C(F)(F)F)cs1)NCc1ccc(C)cc1OC.I. The van der Waals surface area contributed by atoms with Crippen molar-refractivity contribution in [1.29, 1.82) is 0 Å². The summed E-state index contributed by atoms with van der Waals surface area (Å²) in [5.74, 6) is 1.34. The molecule has 0 radical (unpaired) electrons. The van der Waals surface area contributed by atoms with Crippen LogP contribution in [-0.2, 0) is 19.1 Å². The van der Waals surface area contributed by atoms with Gasteiger partial charge in [-0.15, -0.1) is 35.3 Å². The Morgan fingerprint density at radius 1 is 1.30 bits per heavy atom. The van der Waals surface area contributed by atoms with Crippen LogP contribution in [0.2, 0.25) is 0 Å². The molecule has 0 fully saturated rings. The van der Waals surface area contributed by atoms with Crippen LogP contribution in [0.5, 0.6) is 5.75 Å². The average molecular weight is 514 g/mol. The van der Waals surface area contributed by atoms with Crippen LogP contribution in [0.4, 0.5) is 13.2 Å². The zero-order valence-electron chi connectivity index (χ0n) is 15.2. The number of alkyl halides is 3. The molecule has 0 aliphatic heterocycles. The van der Waals surface area contributed by atoms with Gasteiger partial charge in [-0.25, -0.2) is 4.98 Å². The molecule has 2 N–H and O–H groups in total. The second-order valence-electron chi connectivity index (χ2n) is 5.54. The molecular formula is C17H22F3IN4OS. The quantitative estimate of drug-likeness (QED) is 0.348. The fourth-order valence-electron chi connectivity index (χ4n) is 2.24. The van der Waals surface area contributed by atoms with Crippen LogP contribution >= 0.6 is 35.3 Å². The summed E-state index contributed by atoms with van der Waals surface area (Å²) in [5, 5.41) is 7.69. The van der Waals surface area contributed by atoms with Gasteiger partial charge in [0.1, 0.15) is 5.75 Å². The Bertz CT molecular complexity index is 765. The molecule has 1 aromatic heterocycles. The number of nitrogens with zero attached hydrogens (tertiary/aromatic N) is 2. The maximum absolute atomic E-state index is 12.5. The number of halogens is 4. The Hall–Kier alpha value is -1.56. The Morgan fingerprint density at radius 3 is 2.63 bits per heavy atom. The number of aromatic nitrogens is 1. The number of aliphatic imine (C=N–C) groups is 1. The van der Waals surface area contributed by atoms with Crippen molar-refractivity contribution < 1.29 is 17.9 Å². The predicted octanol–water partition coefficient (Wildman–Crippen LogP) is 4.00. The third-order valence-electron chi connectivity index (χ3n) is 3.59. The van der Waals surface area contributed by atoms with Crippen molar-refractivity contribution in [3.63, 3.8) is 0 Å². The smallest absolute Gasteiger partial charge is 0.434 e. The van der Waals surface area contributed by atoms with Gasteiger partial charge in [-0.3, -0.25) is 4.99 Å². The van der Waals surface area contributed by atoms with Crippen molar-refractivity contribution >= 4 is 41.3 Å². The third-order valence-corrected chi connectivity index (χ3v) is 4.49. The predicted molar refractivity (Wildman–Crippen MR) is 112 cm³/mol. The van der Waals surface area contributed by atoms with Crippen molar-refractivity contribution in [2.45, 2.75) is 26.1 Å². The van der Waals surface area contributed by atoms with Crippen molar-refractivity contribution in [3.8, 4) is 5.75 Å². The summed E-state index contributed by atoms with van der Waals surface area (Å²) in [6, 6.07) is 5.92. The molecule has 0 atom stereocenters. The molecule has 0 spiro atoms. The highest BCUT2D eigenvalue weighted by molar-refractivity contribution is 14.0. The van der Waals surface area contributed by atoms with Gasteiger partial charge in [-0.05, 0) is 18.6 Å². The van der Waals surface area contributed by atoms with Crippen LogP contribution in [0.1, 0.15) is 21.8 Å². The second kappa shape index (κ2) is 10.7. The fraction of sp³-hybridized carbons (Fsp3) is 0.412. The van der Waals surface area contributed by atoms with Crippen molar-refractivity contribution in [2.75, 3.05) is 20.7 Å². The van der Waals surface area contributed by atoms with Crippen LogP contribution in [0, 0.1) is 6.92 Å². The molecule has 2 rings (SSSR count). The van der Waals surface area contributed by atoms with E-state index in [2.05, 4.69) is 20.6 Å². The Kier molecular flexibility index (Phi) is 9.30. The van der Waals surface area contributed by atoms with Gasteiger partial charge in [-0.1, -0.05) is 12.1 Å². The number of aryl methyl sites for hydroxylation is 1. The van der Waals surface area contributed by atoms with Gasteiger partial charge in [-0.2, -0.15) is 13.2 Å². The molecule has 0 unspecified atom stereocenters. The monoisotopic (exact) mass is 514 g/mol. The van der Waals surface area contributed by atoms with Gasteiger partial charge in [0.05, 0.1) is 12.1 Å². The molecule has 1 heterocycles. The van der Waals surface area contributed by atoms with Gasteiger partial charge in [0.2, 0.25) is 0 Å². The number of nitrogens with one attached hydrogen (secondary N) is 2. The molecule has 27 heavy (non-hydrogen) atoms. The lowest BCUT2D eigenvalue weighted by molar-refractivity contribution is -0.140. The minimum atomic E-state index is -4.40. The number of rotatable bonds is 6. The highest BCUT2D eigenvalue weighted by atomic mass is 127. The van der Waals surface area contributed by atoms with E-state index in [0.29, 0.717) is 30.5 Å². The minimum Gasteiger partial charge on any atom is -0.496 e. The summed E-state index contributed by atoms with van der Waals surface area (Å²) < 4.78 is 43.0. The topological polar surface area (TPSA) is 58.5 Å². The molecule has 0 saturated carbocycles. The molecule has 0 bridgehead atoms. The molecular weight excluding hydrogens is 492 g/mol. The number of hydrogen-bond donors (Lipinski definition) is 2. The Labute approximate surface area is 177 Å². The first-order chi connectivity index (χ1) is 12.3. The summed E-state index contributed by atoms with van der Waals surface area (Å²) in [6.45, 7) is 2.93. The minimum absolute atomic E-state index is 0. The van der Waals surface area contributed by atoms with Crippen LogP contribution in [0.25, 0.3) is 0 Å². The van der Waals surface area contributed by atoms with E-state index in [1.165, 1.54) is 0 Å². The molecule has 10 heteroatoms. The van der Waals surface area contributed by atoms with Crippen LogP contribution in [-0.4, -0.2) is 31.6 Å². The maximum atomic E-state index is 12.5. The van der Waals surface area contributed by atoms with Crippen molar-refractivity contribution in [2.24, 2.45) is 4.99 Å². The lowest BCUT2D eigenvalue weighted by Gasteiger charge is -2.14. The van der Waals surface area contributed by atoms with Gasteiger partial charge >= 0.3 is 6.18 Å². The molecule has 0 amide bonds. The number of ether oxygens (including phenoxy) is 1. The van der Waals surface area contributed by atoms with E-state index < -0.39 is 11.9 Å². The first kappa shape index (κ1) is 23.5. The van der Waals surface area contributed by atoms with E-state index in [1.807, 2.05) is 25.1 Å². The molecule has 0 aliphatic rings. The lowest BCUT2D eigenvalue weighted by atomic mass is 10.1. The number of hydrogen-bond acceptors (Lipinski definition) is 4. The molecule has 1 aromatic carbocycles. The van der Waals surface area contributed by atoms with Crippen molar-refractivity contribution in [3.05, 3.63) is 45.4 Å². The first-order valence-corrected chi connectivity index (χ1v) is 8.81. The summed E-state index contributed by atoms with van der Waals surface area (Å²) in [6.07, 6.45) is -4.01. The molecule has 5 nitrogen and oxygen atoms in total. The largest absolute Gasteiger partial charge is 0.496 e. The lowest BCUT2D eigenvalue weighted by Crippen LogP contribution is -2.37. The molecule has 0 aliphatic carbocycles. The van der Waals surface area contributed by atoms with Crippen LogP contribution in [0.3, 0.4) is 0 Å². The van der Waals surface area contributed by atoms with E-state index in [9.17, 15) is 13.2 Å². The van der Waals surface area contributed by atoms with E-state index >= 15 is 0 Å². The third kappa shape index (κ3) is 7.17. The number of methoxy groups -OCH3 is 1. The fourth-order valence-corrected chi connectivity index (χ4v) is 3.05. The van der Waals surface area contributed by atoms with E-state index in [-0.39, 0.29) is 24.0 Å². The van der Waals surface area contributed by atoms with E-state index in [4.69, 9.17) is 4.74 Å². The van der Waals surface area contributed by atoms with Crippen molar-refractivity contribution in [1.82, 2.24) is 15.6 Å². The highest BCUT2D eigenvalue weighted by Gasteiger charge is 2.33. The summed E-state index contributed by atoms with van der Waals surface area (Å²) in [4.78, 5) is 7.71. The van der Waals surface area contributed by atoms with Crippen LogP contribution in [0.15, 0.2) is 28.6 Å². The first-order valence-electron chi connectivity index (χ1n) is 7.93. The standard InChI is InChI=1S/C17H21F3N4OS.HI/c1-11-4-5-12(13(8-11)25-3)9-23-16(21-2)22-7-6-15-24-14(10-26-15)17(18,19)20;/h4-5,8,10H,6-7,9H2,1-3H3,(H2,21,22,23);1H.